The normalized spacial score (nSPS) is 16.0. The van der Waals surface area contributed by atoms with Crippen molar-refractivity contribution in [3.8, 4) is 0 Å². The van der Waals surface area contributed by atoms with Crippen molar-refractivity contribution in [3.05, 3.63) is 71.3 Å². The minimum atomic E-state index is -4.52. The van der Waals surface area contributed by atoms with E-state index in [9.17, 15) is 22.8 Å². The second kappa shape index (κ2) is 10.7. The molecule has 1 heterocycles. The highest BCUT2D eigenvalue weighted by Gasteiger charge is 2.41. The van der Waals surface area contributed by atoms with Crippen LogP contribution in [0.2, 0.25) is 0 Å². The summed E-state index contributed by atoms with van der Waals surface area (Å²) in [6.45, 7) is 5.22. The number of esters is 1. The summed E-state index contributed by atoms with van der Waals surface area (Å²) in [6, 6.07) is 14.1. The first-order valence-corrected chi connectivity index (χ1v) is 11.4. The second-order valence-corrected chi connectivity index (χ2v) is 9.48. The lowest BCUT2D eigenvalue weighted by Gasteiger charge is -2.41. The smallest absolute Gasteiger partial charge is 0.416 e. The molecule has 6 nitrogen and oxygen atoms in total. The van der Waals surface area contributed by atoms with Crippen molar-refractivity contribution < 1.29 is 37.0 Å². The molecule has 9 heteroatoms. The monoisotopic (exact) mass is 493 g/mol. The molecule has 1 aliphatic heterocycles. The van der Waals surface area contributed by atoms with Crippen LogP contribution in [0.25, 0.3) is 0 Å². The van der Waals surface area contributed by atoms with Crippen LogP contribution in [-0.4, -0.2) is 42.3 Å². The van der Waals surface area contributed by atoms with Crippen LogP contribution < -0.4 is 0 Å². The molecule has 0 spiro atoms. The van der Waals surface area contributed by atoms with Crippen LogP contribution in [0.5, 0.6) is 0 Å². The number of hydrogen-bond acceptors (Lipinski definition) is 5. The van der Waals surface area contributed by atoms with Crippen LogP contribution in [0, 0.1) is 0 Å². The quantitative estimate of drug-likeness (QED) is 0.484. The zero-order chi connectivity index (χ0) is 25.7. The first kappa shape index (κ1) is 26.5. The Morgan fingerprint density at radius 3 is 2.23 bits per heavy atom. The van der Waals surface area contributed by atoms with E-state index in [1.807, 2.05) is 30.3 Å². The molecule has 0 N–H and O–H groups in total. The fourth-order valence-corrected chi connectivity index (χ4v) is 3.92. The SMILES string of the molecule is CC(C)(C)OC(=O)COC1(c2cccc(C(F)(F)F)c2)CCN(C(=O)OCc2ccccc2)CC1. The number of rotatable bonds is 6. The van der Waals surface area contributed by atoms with E-state index in [-0.39, 0.29) is 32.5 Å². The summed E-state index contributed by atoms with van der Waals surface area (Å²) in [5.74, 6) is -0.617. The van der Waals surface area contributed by atoms with Gasteiger partial charge in [0, 0.05) is 13.1 Å². The zero-order valence-electron chi connectivity index (χ0n) is 20.1. The van der Waals surface area contributed by atoms with Gasteiger partial charge in [-0.3, -0.25) is 0 Å². The Hall–Kier alpha value is -3.07. The fourth-order valence-electron chi connectivity index (χ4n) is 3.92. The molecule has 1 amide bonds. The number of benzene rings is 2. The maximum atomic E-state index is 13.4. The third-order valence-electron chi connectivity index (χ3n) is 5.64. The van der Waals surface area contributed by atoms with Crippen LogP contribution in [0.4, 0.5) is 18.0 Å². The van der Waals surface area contributed by atoms with Gasteiger partial charge in [0.2, 0.25) is 0 Å². The van der Waals surface area contributed by atoms with Gasteiger partial charge in [-0.2, -0.15) is 13.2 Å². The molecule has 0 radical (unpaired) electrons. The number of ether oxygens (including phenoxy) is 3. The van der Waals surface area contributed by atoms with Crippen molar-refractivity contribution in [3.63, 3.8) is 0 Å². The van der Waals surface area contributed by atoms with Crippen LogP contribution in [0.15, 0.2) is 54.6 Å². The molecule has 0 saturated carbocycles. The maximum absolute atomic E-state index is 13.4. The summed E-state index contributed by atoms with van der Waals surface area (Å²) in [6.07, 6.45) is -4.65. The summed E-state index contributed by atoms with van der Waals surface area (Å²) in [4.78, 5) is 26.3. The Labute approximate surface area is 203 Å². The first-order valence-electron chi connectivity index (χ1n) is 11.4. The summed E-state index contributed by atoms with van der Waals surface area (Å²) < 4.78 is 56.7. The number of amides is 1. The van der Waals surface area contributed by atoms with Crippen LogP contribution in [0.3, 0.4) is 0 Å². The van der Waals surface area contributed by atoms with E-state index >= 15 is 0 Å². The summed E-state index contributed by atoms with van der Waals surface area (Å²) in [5, 5.41) is 0. The molecule has 0 aliphatic carbocycles. The standard InChI is InChI=1S/C26H30F3NO5/c1-24(2,3)35-22(31)18-34-25(20-10-7-11-21(16-20)26(27,28)29)12-14-30(15-13-25)23(32)33-17-19-8-5-4-6-9-19/h4-11,16H,12-15,17-18H2,1-3H3. The number of nitrogens with zero attached hydrogens (tertiary/aromatic N) is 1. The molecule has 2 aromatic carbocycles. The summed E-state index contributed by atoms with van der Waals surface area (Å²) in [5.41, 5.74) is -1.57. The molecule has 3 rings (SSSR count). The highest BCUT2D eigenvalue weighted by atomic mass is 19.4. The minimum absolute atomic E-state index is 0.115. The number of alkyl halides is 3. The van der Waals surface area contributed by atoms with E-state index in [1.54, 1.807) is 26.8 Å². The lowest BCUT2D eigenvalue weighted by molar-refractivity contribution is -0.171. The van der Waals surface area contributed by atoms with Crippen molar-refractivity contribution in [2.24, 2.45) is 0 Å². The highest BCUT2D eigenvalue weighted by molar-refractivity contribution is 5.71. The van der Waals surface area contributed by atoms with Gasteiger partial charge in [0.15, 0.2) is 0 Å². The average molecular weight is 494 g/mol. The van der Waals surface area contributed by atoms with Crippen molar-refractivity contribution >= 4 is 12.1 Å². The van der Waals surface area contributed by atoms with Crippen molar-refractivity contribution in [2.75, 3.05) is 19.7 Å². The second-order valence-electron chi connectivity index (χ2n) is 9.48. The number of carbonyl (C=O) groups excluding carboxylic acids is 2. The topological polar surface area (TPSA) is 65.1 Å². The van der Waals surface area contributed by atoms with Crippen molar-refractivity contribution in [1.82, 2.24) is 4.90 Å². The summed E-state index contributed by atoms with van der Waals surface area (Å²) >= 11 is 0. The lowest BCUT2D eigenvalue weighted by atomic mass is 9.83. The predicted octanol–water partition coefficient (Wildman–Crippen LogP) is 5.69. The van der Waals surface area contributed by atoms with Gasteiger partial charge in [0.1, 0.15) is 18.8 Å². The Morgan fingerprint density at radius 2 is 1.63 bits per heavy atom. The number of hydrogen-bond donors (Lipinski definition) is 0. The molecule has 1 fully saturated rings. The third-order valence-corrected chi connectivity index (χ3v) is 5.64. The van der Waals surface area contributed by atoms with E-state index in [4.69, 9.17) is 14.2 Å². The van der Waals surface area contributed by atoms with E-state index in [1.165, 1.54) is 11.0 Å². The lowest BCUT2D eigenvalue weighted by Crippen LogP contribution is -2.47. The van der Waals surface area contributed by atoms with Gasteiger partial charge >= 0.3 is 18.2 Å². The number of halogens is 3. The number of likely N-dealkylation sites (tertiary alicyclic amines) is 1. The van der Waals surface area contributed by atoms with Gasteiger partial charge in [-0.15, -0.1) is 0 Å². The van der Waals surface area contributed by atoms with E-state index in [0.29, 0.717) is 5.56 Å². The fraction of sp³-hybridized carbons (Fsp3) is 0.462. The summed E-state index contributed by atoms with van der Waals surface area (Å²) in [7, 11) is 0. The molecular formula is C26H30F3NO5. The zero-order valence-corrected chi connectivity index (χ0v) is 20.1. The van der Waals surface area contributed by atoms with Gasteiger partial charge in [-0.05, 0) is 56.9 Å². The minimum Gasteiger partial charge on any atom is -0.458 e. The third kappa shape index (κ3) is 7.45. The van der Waals surface area contributed by atoms with Crippen LogP contribution in [-0.2, 0) is 37.4 Å². The van der Waals surface area contributed by atoms with Gasteiger partial charge in [-0.25, -0.2) is 9.59 Å². The molecule has 1 aliphatic rings. The molecule has 1 saturated heterocycles. The van der Waals surface area contributed by atoms with Crippen LogP contribution in [0.1, 0.15) is 50.3 Å². The molecule has 0 aromatic heterocycles. The molecule has 0 bridgehead atoms. The van der Waals surface area contributed by atoms with Gasteiger partial charge in [-0.1, -0.05) is 42.5 Å². The molecule has 35 heavy (non-hydrogen) atoms. The first-order chi connectivity index (χ1) is 16.4. The largest absolute Gasteiger partial charge is 0.458 e. The van der Waals surface area contributed by atoms with Crippen molar-refractivity contribution in [2.45, 2.75) is 57.6 Å². The van der Waals surface area contributed by atoms with E-state index in [0.717, 1.165) is 17.7 Å². The maximum Gasteiger partial charge on any atom is 0.416 e. The molecular weight excluding hydrogens is 463 g/mol. The molecule has 0 atom stereocenters. The van der Waals surface area contributed by atoms with Crippen molar-refractivity contribution in [1.29, 1.82) is 0 Å². The Balaban J connectivity index is 1.73. The Morgan fingerprint density at radius 1 is 0.971 bits per heavy atom. The average Bonchev–Trinajstić information content (AvgIpc) is 2.81. The molecule has 190 valence electrons. The van der Waals surface area contributed by atoms with Gasteiger partial charge in [0.25, 0.3) is 0 Å². The highest BCUT2D eigenvalue weighted by Crippen LogP contribution is 2.40. The number of piperidine rings is 1. The molecule has 2 aromatic rings. The predicted molar refractivity (Wildman–Crippen MR) is 122 cm³/mol. The van der Waals surface area contributed by atoms with E-state index < -0.39 is 41.6 Å². The molecule has 0 unspecified atom stereocenters. The van der Waals surface area contributed by atoms with Crippen LogP contribution >= 0.6 is 0 Å². The van der Waals surface area contributed by atoms with Gasteiger partial charge in [0.05, 0.1) is 11.2 Å². The Bertz CT molecular complexity index is 1010. The Kier molecular flexibility index (Phi) is 8.10. The van der Waals surface area contributed by atoms with E-state index in [2.05, 4.69) is 0 Å². The van der Waals surface area contributed by atoms with Gasteiger partial charge < -0.3 is 19.1 Å². The number of carbonyl (C=O) groups is 2.